The van der Waals surface area contributed by atoms with Gasteiger partial charge < -0.3 is 4.74 Å². The second-order valence-corrected chi connectivity index (χ2v) is 7.96. The molecule has 2 aromatic carbocycles. The van der Waals surface area contributed by atoms with Gasteiger partial charge in [0.1, 0.15) is 11.4 Å². The first-order chi connectivity index (χ1) is 13.8. The van der Waals surface area contributed by atoms with Gasteiger partial charge in [-0.3, -0.25) is 14.7 Å². The summed E-state index contributed by atoms with van der Waals surface area (Å²) in [5.74, 6) is 0.739. The number of hydrogen-bond acceptors (Lipinski definition) is 4. The van der Waals surface area contributed by atoms with E-state index in [0.29, 0.717) is 28.7 Å². The standard InChI is InChI=1S/C23H27N3O3/c1-5-6-11-20-25-19-10-8-7-9-18(19)21(27)26(20)17-14-12-16(13-15-17)24-22(28)29-23(2,3)4/h7-10,12-15H,5-6,11H2,1-4H3,(H,24,28). The van der Waals surface area contributed by atoms with Crippen LogP contribution in [-0.2, 0) is 11.2 Å². The smallest absolute Gasteiger partial charge is 0.412 e. The molecular weight excluding hydrogens is 366 g/mol. The maximum Gasteiger partial charge on any atom is 0.412 e. The molecule has 0 fully saturated rings. The van der Waals surface area contributed by atoms with Crippen molar-refractivity contribution < 1.29 is 9.53 Å². The van der Waals surface area contributed by atoms with Crippen LogP contribution < -0.4 is 10.9 Å². The number of aryl methyl sites for hydroxylation is 1. The molecule has 6 heteroatoms. The van der Waals surface area contributed by atoms with E-state index < -0.39 is 11.7 Å². The molecule has 1 aromatic heterocycles. The number of amides is 1. The minimum atomic E-state index is -0.567. The van der Waals surface area contributed by atoms with E-state index in [9.17, 15) is 9.59 Å². The zero-order chi connectivity index (χ0) is 21.0. The van der Waals surface area contributed by atoms with Crippen LogP contribution in [0.15, 0.2) is 53.3 Å². The van der Waals surface area contributed by atoms with Gasteiger partial charge >= 0.3 is 6.09 Å². The van der Waals surface area contributed by atoms with Crippen LogP contribution in [0.25, 0.3) is 16.6 Å². The van der Waals surface area contributed by atoms with Gasteiger partial charge in [0.05, 0.1) is 16.6 Å². The number of aromatic nitrogens is 2. The average molecular weight is 393 g/mol. The van der Waals surface area contributed by atoms with E-state index in [0.717, 1.165) is 18.7 Å². The number of carbonyl (C=O) groups is 1. The highest BCUT2D eigenvalue weighted by Gasteiger charge is 2.16. The van der Waals surface area contributed by atoms with Gasteiger partial charge in [-0.1, -0.05) is 25.5 Å². The minimum Gasteiger partial charge on any atom is -0.444 e. The van der Waals surface area contributed by atoms with Gasteiger partial charge in [-0.2, -0.15) is 0 Å². The molecule has 0 bridgehead atoms. The molecule has 0 aliphatic heterocycles. The van der Waals surface area contributed by atoms with Gasteiger partial charge in [0.15, 0.2) is 0 Å². The van der Waals surface area contributed by atoms with Gasteiger partial charge in [0, 0.05) is 12.1 Å². The predicted molar refractivity (Wildman–Crippen MR) is 116 cm³/mol. The summed E-state index contributed by atoms with van der Waals surface area (Å²) in [7, 11) is 0. The monoisotopic (exact) mass is 393 g/mol. The molecule has 0 atom stereocenters. The van der Waals surface area contributed by atoms with E-state index in [2.05, 4.69) is 12.2 Å². The number of rotatable bonds is 5. The molecule has 152 valence electrons. The first-order valence-electron chi connectivity index (χ1n) is 9.89. The van der Waals surface area contributed by atoms with Crippen LogP contribution in [0.5, 0.6) is 0 Å². The van der Waals surface area contributed by atoms with Gasteiger partial charge in [-0.15, -0.1) is 0 Å². The third kappa shape index (κ3) is 5.02. The van der Waals surface area contributed by atoms with E-state index >= 15 is 0 Å². The van der Waals surface area contributed by atoms with Crippen molar-refractivity contribution in [1.82, 2.24) is 9.55 Å². The van der Waals surface area contributed by atoms with E-state index in [1.807, 2.05) is 39.0 Å². The molecular formula is C23H27N3O3. The number of unbranched alkanes of at least 4 members (excludes halogenated alkanes) is 1. The molecule has 0 aliphatic rings. The zero-order valence-electron chi connectivity index (χ0n) is 17.4. The summed E-state index contributed by atoms with van der Waals surface area (Å²) < 4.78 is 6.93. The van der Waals surface area contributed by atoms with Crippen LogP contribution in [0.3, 0.4) is 0 Å². The first kappa shape index (κ1) is 20.6. The molecule has 0 spiro atoms. The Balaban J connectivity index is 1.96. The van der Waals surface area contributed by atoms with Crippen molar-refractivity contribution in [2.45, 2.75) is 52.6 Å². The third-order valence-corrected chi connectivity index (χ3v) is 4.37. The number of fused-ring (bicyclic) bond motifs is 1. The SMILES string of the molecule is CCCCc1nc2ccccc2c(=O)n1-c1ccc(NC(=O)OC(C)(C)C)cc1. The Hall–Kier alpha value is -3.15. The summed E-state index contributed by atoms with van der Waals surface area (Å²) in [5, 5.41) is 3.29. The third-order valence-electron chi connectivity index (χ3n) is 4.37. The summed E-state index contributed by atoms with van der Waals surface area (Å²) in [4.78, 5) is 29.9. The van der Waals surface area contributed by atoms with Gasteiger partial charge in [-0.25, -0.2) is 9.78 Å². The number of nitrogens with zero attached hydrogens (tertiary/aromatic N) is 2. The Kier molecular flexibility index (Phi) is 6.01. The normalized spacial score (nSPS) is 11.4. The summed E-state index contributed by atoms with van der Waals surface area (Å²) in [5.41, 5.74) is 1.37. The van der Waals surface area contributed by atoms with Gasteiger partial charge in [0.2, 0.25) is 0 Å². The number of para-hydroxylation sites is 1. The molecule has 3 rings (SSSR count). The Bertz CT molecular complexity index is 1060. The van der Waals surface area contributed by atoms with Gasteiger partial charge in [-0.05, 0) is 63.6 Å². The number of nitrogens with one attached hydrogen (secondary N) is 1. The summed E-state index contributed by atoms with van der Waals surface area (Å²) in [6.07, 6.45) is 2.16. The van der Waals surface area contributed by atoms with E-state index in [4.69, 9.17) is 9.72 Å². The van der Waals surface area contributed by atoms with E-state index in [1.165, 1.54) is 0 Å². The number of ether oxygens (including phenoxy) is 1. The van der Waals surface area contributed by atoms with Crippen molar-refractivity contribution in [2.75, 3.05) is 5.32 Å². The molecule has 0 saturated carbocycles. The maximum atomic E-state index is 13.2. The van der Waals surface area contributed by atoms with Crippen LogP contribution >= 0.6 is 0 Å². The highest BCUT2D eigenvalue weighted by Crippen LogP contribution is 2.18. The molecule has 0 unspecified atom stereocenters. The second-order valence-electron chi connectivity index (χ2n) is 7.96. The largest absolute Gasteiger partial charge is 0.444 e. The zero-order valence-corrected chi connectivity index (χ0v) is 17.4. The predicted octanol–water partition coefficient (Wildman–Crippen LogP) is 5.08. The summed E-state index contributed by atoms with van der Waals surface area (Å²) in [6, 6.07) is 14.5. The van der Waals surface area contributed by atoms with Crippen LogP contribution in [0.2, 0.25) is 0 Å². The lowest BCUT2D eigenvalue weighted by Gasteiger charge is -2.19. The lowest BCUT2D eigenvalue weighted by molar-refractivity contribution is 0.0636. The maximum absolute atomic E-state index is 13.2. The molecule has 0 radical (unpaired) electrons. The van der Waals surface area contributed by atoms with E-state index in [-0.39, 0.29) is 5.56 Å². The lowest BCUT2D eigenvalue weighted by Crippen LogP contribution is -2.27. The quantitative estimate of drug-likeness (QED) is 0.656. The number of benzene rings is 2. The molecule has 1 heterocycles. The number of carbonyl (C=O) groups excluding carboxylic acids is 1. The van der Waals surface area contributed by atoms with Crippen LogP contribution in [0, 0.1) is 0 Å². The number of anilines is 1. The Morgan fingerprint density at radius 2 is 1.79 bits per heavy atom. The van der Waals surface area contributed by atoms with Crippen molar-refractivity contribution in [3.8, 4) is 5.69 Å². The Labute approximate surface area is 170 Å². The summed E-state index contributed by atoms with van der Waals surface area (Å²) in [6.45, 7) is 7.55. The van der Waals surface area contributed by atoms with Crippen LogP contribution in [0.4, 0.5) is 10.5 Å². The molecule has 0 saturated heterocycles. The molecule has 3 aromatic rings. The highest BCUT2D eigenvalue weighted by atomic mass is 16.6. The molecule has 29 heavy (non-hydrogen) atoms. The topological polar surface area (TPSA) is 73.2 Å². The molecule has 0 aliphatic carbocycles. The fraction of sp³-hybridized carbons (Fsp3) is 0.348. The lowest BCUT2D eigenvalue weighted by atomic mass is 10.2. The van der Waals surface area contributed by atoms with Crippen molar-refractivity contribution in [2.24, 2.45) is 0 Å². The van der Waals surface area contributed by atoms with Crippen LogP contribution in [-0.4, -0.2) is 21.2 Å². The Morgan fingerprint density at radius 1 is 1.10 bits per heavy atom. The van der Waals surface area contributed by atoms with Crippen molar-refractivity contribution in [3.05, 3.63) is 64.7 Å². The first-order valence-corrected chi connectivity index (χ1v) is 9.89. The highest BCUT2D eigenvalue weighted by molar-refractivity contribution is 5.85. The Morgan fingerprint density at radius 3 is 2.45 bits per heavy atom. The second kappa shape index (κ2) is 8.47. The summed E-state index contributed by atoms with van der Waals surface area (Å²) >= 11 is 0. The van der Waals surface area contributed by atoms with Crippen molar-refractivity contribution in [3.63, 3.8) is 0 Å². The van der Waals surface area contributed by atoms with E-state index in [1.54, 1.807) is 34.9 Å². The van der Waals surface area contributed by atoms with Crippen molar-refractivity contribution >= 4 is 22.7 Å². The molecule has 1 N–H and O–H groups in total. The van der Waals surface area contributed by atoms with Gasteiger partial charge in [0.25, 0.3) is 5.56 Å². The van der Waals surface area contributed by atoms with Crippen molar-refractivity contribution in [1.29, 1.82) is 0 Å². The fourth-order valence-electron chi connectivity index (χ4n) is 3.06. The number of hydrogen-bond donors (Lipinski definition) is 1. The molecule has 6 nitrogen and oxygen atoms in total. The van der Waals surface area contributed by atoms with Crippen LogP contribution in [0.1, 0.15) is 46.4 Å². The molecule has 1 amide bonds. The minimum absolute atomic E-state index is 0.0884. The fourth-order valence-corrected chi connectivity index (χ4v) is 3.06. The average Bonchev–Trinajstić information content (AvgIpc) is 2.66.